The number of carbonyl (C=O) groups excluding carboxylic acids is 1. The number of rotatable bonds is 8. The lowest BCUT2D eigenvalue weighted by atomic mass is 10.4. The number of carbonyl (C=O) groups is 1. The van der Waals surface area contributed by atoms with E-state index in [0.29, 0.717) is 32.6 Å². The second-order valence-electron chi connectivity index (χ2n) is 2.83. The molecule has 4 nitrogen and oxygen atoms in total. The topological polar surface area (TPSA) is 47.6 Å². The highest BCUT2D eigenvalue weighted by atomic mass is 16.7. The first-order chi connectivity index (χ1) is 6.74. The molecule has 0 aromatic carbocycles. The fourth-order valence-electron chi connectivity index (χ4n) is 1.04. The third-order valence-electron chi connectivity index (χ3n) is 1.73. The zero-order chi connectivity index (χ0) is 10.8. The Morgan fingerprint density at radius 2 is 1.79 bits per heavy atom. The van der Waals surface area contributed by atoms with Gasteiger partial charge in [0.25, 0.3) is 0 Å². The lowest BCUT2D eigenvalue weighted by molar-refractivity contribution is -0.139. The minimum atomic E-state index is -0.192. The van der Waals surface area contributed by atoms with Crippen molar-refractivity contribution in [3.63, 3.8) is 0 Å². The summed E-state index contributed by atoms with van der Waals surface area (Å²) in [6.45, 7) is 7.56. The van der Waals surface area contributed by atoms with Crippen LogP contribution in [0.3, 0.4) is 0 Å². The van der Waals surface area contributed by atoms with Crippen molar-refractivity contribution in [2.45, 2.75) is 39.9 Å². The highest BCUT2D eigenvalue weighted by molar-refractivity contribution is 5.75. The van der Waals surface area contributed by atoms with Crippen molar-refractivity contribution in [2.75, 3.05) is 19.8 Å². The maximum Gasteiger partial charge on any atom is 0.219 e. The molecule has 0 aromatic heterocycles. The summed E-state index contributed by atoms with van der Waals surface area (Å²) in [6.07, 6.45) is 1.03. The van der Waals surface area contributed by atoms with Crippen LogP contribution in [0.15, 0.2) is 0 Å². The number of nitrogens with one attached hydrogen (secondary N) is 1. The summed E-state index contributed by atoms with van der Waals surface area (Å²) in [5.41, 5.74) is 0. The van der Waals surface area contributed by atoms with E-state index in [-0.39, 0.29) is 12.2 Å². The van der Waals surface area contributed by atoms with E-state index < -0.39 is 0 Å². The van der Waals surface area contributed by atoms with Gasteiger partial charge in [-0.1, -0.05) is 6.92 Å². The molecule has 0 saturated carbocycles. The van der Waals surface area contributed by atoms with Crippen LogP contribution in [0.5, 0.6) is 0 Å². The van der Waals surface area contributed by atoms with Gasteiger partial charge in [-0.25, -0.2) is 0 Å². The van der Waals surface area contributed by atoms with Crippen LogP contribution in [0.2, 0.25) is 0 Å². The number of amides is 1. The first-order valence-corrected chi connectivity index (χ1v) is 5.24. The quantitative estimate of drug-likeness (QED) is 0.605. The Labute approximate surface area is 86.0 Å². The molecule has 84 valence electrons. The van der Waals surface area contributed by atoms with Gasteiger partial charge < -0.3 is 14.8 Å². The Morgan fingerprint density at radius 3 is 2.21 bits per heavy atom. The molecule has 1 N–H and O–H groups in total. The van der Waals surface area contributed by atoms with Gasteiger partial charge in [0, 0.05) is 32.6 Å². The van der Waals surface area contributed by atoms with E-state index in [4.69, 9.17) is 9.47 Å². The van der Waals surface area contributed by atoms with Gasteiger partial charge in [-0.15, -0.1) is 0 Å². The normalized spacial score (nSPS) is 10.6. The lowest BCUT2D eigenvalue weighted by Crippen LogP contribution is -2.28. The smallest absolute Gasteiger partial charge is 0.219 e. The summed E-state index contributed by atoms with van der Waals surface area (Å²) in [4.78, 5) is 10.9. The largest absolute Gasteiger partial charge is 0.356 e. The standard InChI is InChI=1S/C10H21NO3/c1-4-9(12)11-8-7-10(13-5-2)14-6-3/h10H,4-8H2,1-3H3,(H,11,12). The molecule has 14 heavy (non-hydrogen) atoms. The zero-order valence-electron chi connectivity index (χ0n) is 9.34. The van der Waals surface area contributed by atoms with E-state index in [1.54, 1.807) is 0 Å². The Balaban J connectivity index is 3.54. The Morgan fingerprint density at radius 1 is 1.21 bits per heavy atom. The Bertz CT molecular complexity index is 144. The van der Waals surface area contributed by atoms with Crippen LogP contribution in [0.25, 0.3) is 0 Å². The van der Waals surface area contributed by atoms with E-state index in [1.807, 2.05) is 20.8 Å². The highest BCUT2D eigenvalue weighted by Crippen LogP contribution is 1.99. The van der Waals surface area contributed by atoms with Crippen LogP contribution in [0, 0.1) is 0 Å². The van der Waals surface area contributed by atoms with E-state index in [1.165, 1.54) is 0 Å². The summed E-state index contributed by atoms with van der Waals surface area (Å²) >= 11 is 0. The molecule has 0 atom stereocenters. The third kappa shape index (κ3) is 6.86. The molecule has 0 rings (SSSR count). The fourth-order valence-corrected chi connectivity index (χ4v) is 1.04. The Kier molecular flexibility index (Phi) is 8.57. The molecule has 0 spiro atoms. The van der Waals surface area contributed by atoms with Crippen molar-refractivity contribution >= 4 is 5.91 Å². The molecule has 0 heterocycles. The zero-order valence-corrected chi connectivity index (χ0v) is 9.34. The fraction of sp³-hybridized carbons (Fsp3) is 0.900. The number of hydrogen-bond donors (Lipinski definition) is 1. The summed E-state index contributed by atoms with van der Waals surface area (Å²) in [5, 5.41) is 2.78. The summed E-state index contributed by atoms with van der Waals surface area (Å²) in [5.74, 6) is 0.0664. The van der Waals surface area contributed by atoms with Crippen LogP contribution in [0.1, 0.15) is 33.6 Å². The van der Waals surface area contributed by atoms with Crippen LogP contribution in [-0.4, -0.2) is 32.0 Å². The number of ether oxygens (including phenoxy) is 2. The molecule has 0 aliphatic heterocycles. The predicted molar refractivity (Wildman–Crippen MR) is 55.0 cm³/mol. The van der Waals surface area contributed by atoms with E-state index >= 15 is 0 Å². The van der Waals surface area contributed by atoms with Crippen LogP contribution in [-0.2, 0) is 14.3 Å². The van der Waals surface area contributed by atoms with Gasteiger partial charge >= 0.3 is 0 Å². The van der Waals surface area contributed by atoms with Crippen molar-refractivity contribution in [1.82, 2.24) is 5.32 Å². The van der Waals surface area contributed by atoms with Crippen molar-refractivity contribution in [1.29, 1.82) is 0 Å². The van der Waals surface area contributed by atoms with Crippen molar-refractivity contribution < 1.29 is 14.3 Å². The second-order valence-corrected chi connectivity index (χ2v) is 2.83. The molecule has 4 heteroatoms. The maximum atomic E-state index is 10.9. The van der Waals surface area contributed by atoms with Gasteiger partial charge in [0.2, 0.25) is 5.91 Å². The first kappa shape index (κ1) is 13.4. The average Bonchev–Trinajstić information content (AvgIpc) is 2.18. The average molecular weight is 203 g/mol. The van der Waals surface area contributed by atoms with Crippen LogP contribution >= 0.6 is 0 Å². The molecular formula is C10H21NO3. The predicted octanol–water partition coefficient (Wildman–Crippen LogP) is 1.30. The second kappa shape index (κ2) is 8.97. The molecule has 0 bridgehead atoms. The van der Waals surface area contributed by atoms with Crippen LogP contribution < -0.4 is 5.32 Å². The molecule has 0 aliphatic rings. The SMILES string of the molecule is CCOC(CCNC(=O)CC)OCC. The third-order valence-corrected chi connectivity index (χ3v) is 1.73. The molecule has 0 fully saturated rings. The number of hydrogen-bond acceptors (Lipinski definition) is 3. The van der Waals surface area contributed by atoms with Crippen molar-refractivity contribution in [3.8, 4) is 0 Å². The van der Waals surface area contributed by atoms with Gasteiger partial charge in [-0.3, -0.25) is 4.79 Å². The van der Waals surface area contributed by atoms with Crippen molar-refractivity contribution in [3.05, 3.63) is 0 Å². The molecular weight excluding hydrogens is 182 g/mol. The van der Waals surface area contributed by atoms with Gasteiger partial charge in [-0.05, 0) is 13.8 Å². The lowest BCUT2D eigenvalue weighted by Gasteiger charge is -2.16. The van der Waals surface area contributed by atoms with E-state index in [0.717, 1.165) is 0 Å². The van der Waals surface area contributed by atoms with E-state index in [2.05, 4.69) is 5.32 Å². The molecule has 0 aliphatic carbocycles. The Hall–Kier alpha value is -0.610. The van der Waals surface area contributed by atoms with Gasteiger partial charge in [0.15, 0.2) is 6.29 Å². The summed E-state index contributed by atoms with van der Waals surface area (Å²) < 4.78 is 10.6. The molecule has 1 amide bonds. The minimum Gasteiger partial charge on any atom is -0.356 e. The van der Waals surface area contributed by atoms with Crippen LogP contribution in [0.4, 0.5) is 0 Å². The highest BCUT2D eigenvalue weighted by Gasteiger charge is 2.07. The van der Waals surface area contributed by atoms with Gasteiger partial charge in [-0.2, -0.15) is 0 Å². The molecule has 0 saturated heterocycles. The summed E-state index contributed by atoms with van der Waals surface area (Å²) in [7, 11) is 0. The molecule has 0 unspecified atom stereocenters. The first-order valence-electron chi connectivity index (χ1n) is 5.24. The van der Waals surface area contributed by atoms with E-state index in [9.17, 15) is 4.79 Å². The molecule has 0 aromatic rings. The van der Waals surface area contributed by atoms with Crippen molar-refractivity contribution in [2.24, 2.45) is 0 Å². The minimum absolute atomic E-state index is 0.0664. The van der Waals surface area contributed by atoms with Gasteiger partial charge in [0.1, 0.15) is 0 Å². The van der Waals surface area contributed by atoms with Gasteiger partial charge in [0.05, 0.1) is 0 Å². The molecule has 0 radical (unpaired) electrons. The monoisotopic (exact) mass is 203 g/mol. The maximum absolute atomic E-state index is 10.9. The summed E-state index contributed by atoms with van der Waals surface area (Å²) in [6, 6.07) is 0.